The molecule has 1 heterocycles. The number of furan rings is 1. The van der Waals surface area contributed by atoms with Crippen LogP contribution in [0.4, 0.5) is 0 Å². The first-order chi connectivity index (χ1) is 8.92. The zero-order valence-electron chi connectivity index (χ0n) is 12.7. The van der Waals surface area contributed by atoms with E-state index in [-0.39, 0.29) is 5.54 Å². The summed E-state index contributed by atoms with van der Waals surface area (Å²) in [6.45, 7) is 11.9. The smallest absolute Gasteiger partial charge is 0.137 e. The maximum Gasteiger partial charge on any atom is 0.137 e. The van der Waals surface area contributed by atoms with E-state index in [1.165, 1.54) is 16.5 Å². The van der Waals surface area contributed by atoms with E-state index in [0.717, 1.165) is 18.5 Å². The van der Waals surface area contributed by atoms with Crippen molar-refractivity contribution in [1.29, 1.82) is 0 Å². The summed E-state index contributed by atoms with van der Waals surface area (Å²) in [5.41, 5.74) is 3.75. The van der Waals surface area contributed by atoms with Gasteiger partial charge in [0, 0.05) is 23.0 Å². The molecule has 0 saturated carbocycles. The lowest BCUT2D eigenvalue weighted by Crippen LogP contribution is -2.34. The molecular weight excluding hydrogens is 234 g/mol. The van der Waals surface area contributed by atoms with Crippen LogP contribution in [-0.2, 0) is 6.54 Å². The number of benzene rings is 1. The van der Waals surface area contributed by atoms with E-state index >= 15 is 0 Å². The Morgan fingerprint density at radius 3 is 2.63 bits per heavy atom. The molecule has 104 valence electrons. The first-order valence-electron chi connectivity index (χ1n) is 7.16. The second kappa shape index (κ2) is 5.38. The molecule has 1 aromatic carbocycles. The third kappa shape index (κ3) is 3.19. The van der Waals surface area contributed by atoms with E-state index in [9.17, 15) is 0 Å². The van der Waals surface area contributed by atoms with Crippen molar-refractivity contribution in [3.8, 4) is 0 Å². The molecule has 2 nitrogen and oxygen atoms in total. The summed E-state index contributed by atoms with van der Waals surface area (Å²) in [5.74, 6) is 0.540. The van der Waals surface area contributed by atoms with E-state index in [4.69, 9.17) is 4.42 Å². The molecule has 0 aliphatic rings. The number of rotatable bonds is 4. The number of nitrogens with one attached hydrogen (secondary N) is 1. The molecule has 2 rings (SSSR count). The highest BCUT2D eigenvalue weighted by Crippen LogP contribution is 2.30. The van der Waals surface area contributed by atoms with Crippen molar-refractivity contribution < 1.29 is 4.42 Å². The monoisotopic (exact) mass is 259 g/mol. The van der Waals surface area contributed by atoms with Crippen LogP contribution in [0.15, 0.2) is 28.9 Å². The van der Waals surface area contributed by atoms with Crippen LogP contribution in [0.2, 0.25) is 0 Å². The number of hydrogen-bond donors (Lipinski definition) is 1. The molecule has 0 fully saturated rings. The lowest BCUT2D eigenvalue weighted by molar-refractivity contribution is 0.423. The predicted molar refractivity (Wildman–Crippen MR) is 81.5 cm³/mol. The van der Waals surface area contributed by atoms with Gasteiger partial charge >= 0.3 is 0 Å². The van der Waals surface area contributed by atoms with Crippen molar-refractivity contribution in [2.24, 2.45) is 0 Å². The summed E-state index contributed by atoms with van der Waals surface area (Å²) < 4.78 is 5.83. The minimum Gasteiger partial charge on any atom is -0.464 e. The van der Waals surface area contributed by atoms with Gasteiger partial charge in [-0.3, -0.25) is 0 Å². The van der Waals surface area contributed by atoms with Gasteiger partial charge in [-0.15, -0.1) is 0 Å². The van der Waals surface area contributed by atoms with Crippen LogP contribution in [0.25, 0.3) is 11.0 Å². The van der Waals surface area contributed by atoms with Gasteiger partial charge in [-0.1, -0.05) is 32.0 Å². The van der Waals surface area contributed by atoms with E-state index in [2.05, 4.69) is 58.1 Å². The van der Waals surface area contributed by atoms with Crippen LogP contribution in [0.3, 0.4) is 0 Å². The molecule has 19 heavy (non-hydrogen) atoms. The van der Waals surface area contributed by atoms with Crippen molar-refractivity contribution in [2.45, 2.75) is 59.0 Å². The molecule has 1 unspecified atom stereocenters. The molecule has 2 aromatic rings. The zero-order valence-corrected chi connectivity index (χ0v) is 12.7. The Hall–Kier alpha value is -1.28. The zero-order chi connectivity index (χ0) is 14.0. The largest absolute Gasteiger partial charge is 0.464 e. The molecule has 1 N–H and O–H groups in total. The maximum absolute atomic E-state index is 5.83. The lowest BCUT2D eigenvalue weighted by Gasteiger charge is -2.20. The molecule has 0 bridgehead atoms. The summed E-state index contributed by atoms with van der Waals surface area (Å²) in [4.78, 5) is 0. The van der Waals surface area contributed by atoms with Crippen LogP contribution in [-0.4, -0.2) is 5.54 Å². The third-order valence-corrected chi connectivity index (χ3v) is 3.66. The fraction of sp³-hybridized carbons (Fsp3) is 0.529. The van der Waals surface area contributed by atoms with Gasteiger partial charge in [0.15, 0.2) is 0 Å². The topological polar surface area (TPSA) is 25.2 Å². The minimum absolute atomic E-state index is 0.123. The van der Waals surface area contributed by atoms with Crippen molar-refractivity contribution in [3.63, 3.8) is 0 Å². The van der Waals surface area contributed by atoms with E-state index in [1.807, 2.05) is 6.26 Å². The van der Waals surface area contributed by atoms with Gasteiger partial charge in [0.2, 0.25) is 0 Å². The Morgan fingerprint density at radius 2 is 2.00 bits per heavy atom. The summed E-state index contributed by atoms with van der Waals surface area (Å²) in [7, 11) is 0. The second-order valence-electron chi connectivity index (χ2n) is 6.40. The minimum atomic E-state index is 0.123. The molecule has 0 amide bonds. The van der Waals surface area contributed by atoms with Gasteiger partial charge in [-0.05, 0) is 38.7 Å². The third-order valence-electron chi connectivity index (χ3n) is 3.66. The van der Waals surface area contributed by atoms with Gasteiger partial charge in [0.1, 0.15) is 5.58 Å². The van der Waals surface area contributed by atoms with Gasteiger partial charge < -0.3 is 9.73 Å². The second-order valence-corrected chi connectivity index (χ2v) is 6.40. The summed E-state index contributed by atoms with van der Waals surface area (Å²) in [5, 5.41) is 4.76. The SMILES string of the molecule is CCC(C)c1cccc2c(CNC(C)(C)C)coc12. The number of hydrogen-bond acceptors (Lipinski definition) is 2. The normalized spacial score (nSPS) is 13.9. The summed E-state index contributed by atoms with van der Waals surface area (Å²) in [6, 6.07) is 6.48. The Bertz CT molecular complexity index is 548. The van der Waals surface area contributed by atoms with E-state index < -0.39 is 0 Å². The molecule has 2 heteroatoms. The average Bonchev–Trinajstić information content (AvgIpc) is 2.77. The van der Waals surface area contributed by atoms with E-state index in [0.29, 0.717) is 5.92 Å². The van der Waals surface area contributed by atoms with Crippen LogP contribution < -0.4 is 5.32 Å². The highest BCUT2D eigenvalue weighted by Gasteiger charge is 2.15. The molecule has 0 aliphatic carbocycles. The van der Waals surface area contributed by atoms with Gasteiger partial charge in [-0.25, -0.2) is 0 Å². The average molecular weight is 259 g/mol. The van der Waals surface area contributed by atoms with Crippen molar-refractivity contribution >= 4 is 11.0 Å². The van der Waals surface area contributed by atoms with Crippen molar-refractivity contribution in [3.05, 3.63) is 35.6 Å². The molecular formula is C17H25NO. The molecule has 0 spiro atoms. The van der Waals surface area contributed by atoms with Gasteiger partial charge in [0.05, 0.1) is 6.26 Å². The fourth-order valence-electron chi connectivity index (χ4n) is 2.24. The Kier molecular flexibility index (Phi) is 4.00. The van der Waals surface area contributed by atoms with Crippen molar-refractivity contribution in [1.82, 2.24) is 5.32 Å². The Morgan fingerprint density at radius 1 is 1.26 bits per heavy atom. The quantitative estimate of drug-likeness (QED) is 0.850. The van der Waals surface area contributed by atoms with Gasteiger partial charge in [0.25, 0.3) is 0 Å². The first kappa shape index (κ1) is 14.1. The number of para-hydroxylation sites is 1. The van der Waals surface area contributed by atoms with Crippen LogP contribution in [0, 0.1) is 0 Å². The highest BCUT2D eigenvalue weighted by atomic mass is 16.3. The maximum atomic E-state index is 5.83. The molecule has 0 radical (unpaired) electrons. The lowest BCUT2D eigenvalue weighted by atomic mass is 9.96. The van der Waals surface area contributed by atoms with Crippen molar-refractivity contribution in [2.75, 3.05) is 0 Å². The summed E-state index contributed by atoms with van der Waals surface area (Å²) >= 11 is 0. The molecule has 1 atom stereocenters. The standard InChI is InChI=1S/C17H25NO/c1-6-12(2)14-8-7-9-15-13(11-19-16(14)15)10-18-17(3,4)5/h7-9,11-12,18H,6,10H2,1-5H3. The Labute approximate surface area is 116 Å². The number of fused-ring (bicyclic) bond motifs is 1. The van der Waals surface area contributed by atoms with Crippen LogP contribution >= 0.6 is 0 Å². The summed E-state index contributed by atoms with van der Waals surface area (Å²) in [6.07, 6.45) is 3.03. The van der Waals surface area contributed by atoms with Gasteiger partial charge in [-0.2, -0.15) is 0 Å². The Balaban J connectivity index is 2.33. The first-order valence-corrected chi connectivity index (χ1v) is 7.16. The molecule has 0 saturated heterocycles. The fourth-order valence-corrected chi connectivity index (χ4v) is 2.24. The molecule has 0 aliphatic heterocycles. The molecule has 1 aromatic heterocycles. The highest BCUT2D eigenvalue weighted by molar-refractivity contribution is 5.84. The van der Waals surface area contributed by atoms with Crippen LogP contribution in [0.5, 0.6) is 0 Å². The van der Waals surface area contributed by atoms with E-state index in [1.54, 1.807) is 0 Å². The predicted octanol–water partition coefficient (Wildman–Crippen LogP) is 4.83. The van der Waals surface area contributed by atoms with Crippen LogP contribution in [0.1, 0.15) is 58.1 Å².